The number of ether oxygens (including phenoxy) is 1. The van der Waals surface area contributed by atoms with Crippen LogP contribution in [0.15, 0.2) is 77.7 Å². The lowest BCUT2D eigenvalue weighted by Gasteiger charge is -2.22. The fourth-order valence-corrected chi connectivity index (χ4v) is 4.09. The van der Waals surface area contributed by atoms with Gasteiger partial charge in [0.1, 0.15) is 5.75 Å². The molecule has 0 aliphatic rings. The van der Waals surface area contributed by atoms with E-state index in [2.05, 4.69) is 5.32 Å². The molecule has 3 aromatic rings. The van der Waals surface area contributed by atoms with Crippen molar-refractivity contribution >= 4 is 27.3 Å². The molecule has 1 amide bonds. The molecule has 0 fully saturated rings. The number of para-hydroxylation sites is 3. The Morgan fingerprint density at radius 1 is 0.931 bits per heavy atom. The molecular weight excluding hydrogens is 388 g/mol. The van der Waals surface area contributed by atoms with E-state index in [1.165, 1.54) is 14.2 Å². The van der Waals surface area contributed by atoms with Crippen LogP contribution >= 0.6 is 0 Å². The lowest BCUT2D eigenvalue weighted by Crippen LogP contribution is -2.29. The first-order valence-electron chi connectivity index (χ1n) is 8.93. The molecule has 7 heteroatoms. The number of carbonyl (C=O) groups excluding carboxylic acids is 1. The zero-order chi connectivity index (χ0) is 21.0. The van der Waals surface area contributed by atoms with Gasteiger partial charge in [0.2, 0.25) is 0 Å². The molecule has 0 aliphatic carbocycles. The molecule has 0 aliphatic heterocycles. The molecule has 6 nitrogen and oxygen atoms in total. The number of benzene rings is 3. The molecule has 0 saturated carbocycles. The van der Waals surface area contributed by atoms with Crippen LogP contribution in [0.3, 0.4) is 0 Å². The van der Waals surface area contributed by atoms with Crippen LogP contribution in [0.2, 0.25) is 0 Å². The van der Waals surface area contributed by atoms with E-state index in [1.54, 1.807) is 72.8 Å². The fraction of sp³-hybridized carbons (Fsp3) is 0.136. The van der Waals surface area contributed by atoms with Crippen LogP contribution < -0.4 is 14.4 Å². The highest BCUT2D eigenvalue weighted by Crippen LogP contribution is 2.28. The molecule has 0 atom stereocenters. The minimum absolute atomic E-state index is 0.158. The Labute approximate surface area is 170 Å². The van der Waals surface area contributed by atoms with Gasteiger partial charge in [0.05, 0.1) is 28.9 Å². The smallest absolute Gasteiger partial charge is 0.264 e. The number of sulfonamides is 1. The highest BCUT2D eigenvalue weighted by atomic mass is 32.2. The monoisotopic (exact) mass is 410 g/mol. The molecule has 29 heavy (non-hydrogen) atoms. The molecule has 0 spiro atoms. The standard InChI is InChI=1S/C22H22N2O4S/c1-16-12-14-17(15-13-16)29(26,27)24(2)20-10-6-4-8-18(20)22(25)23-19-9-5-7-11-21(19)28-3/h4-15H,1-3H3,(H,23,25). The van der Waals surface area contributed by atoms with E-state index >= 15 is 0 Å². The largest absolute Gasteiger partial charge is 0.495 e. The topological polar surface area (TPSA) is 75.7 Å². The highest BCUT2D eigenvalue weighted by Gasteiger charge is 2.25. The lowest BCUT2D eigenvalue weighted by atomic mass is 10.1. The van der Waals surface area contributed by atoms with Gasteiger partial charge in [-0.15, -0.1) is 0 Å². The summed E-state index contributed by atoms with van der Waals surface area (Å²) in [7, 11) is -0.872. The quantitative estimate of drug-likeness (QED) is 0.664. The van der Waals surface area contributed by atoms with Crippen molar-refractivity contribution in [3.8, 4) is 5.75 Å². The summed E-state index contributed by atoms with van der Waals surface area (Å²) < 4.78 is 32.5. The van der Waals surface area contributed by atoms with Gasteiger partial charge in [0.15, 0.2) is 0 Å². The average Bonchev–Trinajstić information content (AvgIpc) is 2.73. The Bertz CT molecular complexity index is 1130. The number of nitrogens with one attached hydrogen (secondary N) is 1. The molecule has 0 unspecified atom stereocenters. The van der Waals surface area contributed by atoms with Crippen LogP contribution in [0.25, 0.3) is 0 Å². The minimum Gasteiger partial charge on any atom is -0.495 e. The first kappa shape index (κ1) is 20.4. The molecule has 0 radical (unpaired) electrons. The number of aryl methyl sites for hydroxylation is 1. The Morgan fingerprint density at radius 2 is 1.55 bits per heavy atom. The number of rotatable bonds is 6. The van der Waals surface area contributed by atoms with Crippen molar-refractivity contribution in [1.82, 2.24) is 0 Å². The number of methoxy groups -OCH3 is 1. The van der Waals surface area contributed by atoms with E-state index in [9.17, 15) is 13.2 Å². The summed E-state index contributed by atoms with van der Waals surface area (Å²) >= 11 is 0. The van der Waals surface area contributed by atoms with E-state index in [1.807, 2.05) is 6.92 Å². The number of carbonyl (C=O) groups is 1. The van der Waals surface area contributed by atoms with Crippen LogP contribution in [-0.2, 0) is 10.0 Å². The third kappa shape index (κ3) is 4.25. The van der Waals surface area contributed by atoms with Crippen molar-refractivity contribution in [3.05, 3.63) is 83.9 Å². The van der Waals surface area contributed by atoms with E-state index in [0.717, 1.165) is 9.87 Å². The first-order valence-corrected chi connectivity index (χ1v) is 10.4. The van der Waals surface area contributed by atoms with E-state index < -0.39 is 15.9 Å². The van der Waals surface area contributed by atoms with Gasteiger partial charge >= 0.3 is 0 Å². The van der Waals surface area contributed by atoms with Gasteiger partial charge in [0, 0.05) is 7.05 Å². The third-order valence-electron chi connectivity index (χ3n) is 4.52. The van der Waals surface area contributed by atoms with E-state index in [0.29, 0.717) is 11.4 Å². The molecule has 0 aromatic heterocycles. The van der Waals surface area contributed by atoms with Crippen molar-refractivity contribution in [2.24, 2.45) is 0 Å². The minimum atomic E-state index is -3.82. The predicted molar refractivity (Wildman–Crippen MR) is 114 cm³/mol. The van der Waals surface area contributed by atoms with Gasteiger partial charge in [-0.2, -0.15) is 0 Å². The summed E-state index contributed by atoms with van der Waals surface area (Å²) in [4.78, 5) is 13.1. The molecule has 150 valence electrons. The summed E-state index contributed by atoms with van der Waals surface area (Å²) in [5, 5.41) is 2.79. The zero-order valence-electron chi connectivity index (χ0n) is 16.4. The van der Waals surface area contributed by atoms with Crippen molar-refractivity contribution in [3.63, 3.8) is 0 Å². The summed E-state index contributed by atoms with van der Waals surface area (Å²) in [6, 6.07) is 20.2. The van der Waals surface area contributed by atoms with Gasteiger partial charge in [-0.3, -0.25) is 9.10 Å². The molecular formula is C22H22N2O4S. The normalized spacial score (nSPS) is 11.0. The molecule has 3 aromatic carbocycles. The summed E-state index contributed by atoms with van der Waals surface area (Å²) in [5.74, 6) is 0.0787. The maximum absolute atomic E-state index is 13.1. The van der Waals surface area contributed by atoms with Crippen molar-refractivity contribution in [2.45, 2.75) is 11.8 Å². The fourth-order valence-electron chi connectivity index (χ4n) is 2.88. The van der Waals surface area contributed by atoms with E-state index in [-0.39, 0.29) is 16.1 Å². The number of hydrogen-bond donors (Lipinski definition) is 1. The Balaban J connectivity index is 1.96. The van der Waals surface area contributed by atoms with Gasteiger partial charge < -0.3 is 10.1 Å². The van der Waals surface area contributed by atoms with Gasteiger partial charge in [-0.1, -0.05) is 42.0 Å². The number of anilines is 2. The van der Waals surface area contributed by atoms with Crippen LogP contribution in [0.1, 0.15) is 15.9 Å². The SMILES string of the molecule is COc1ccccc1NC(=O)c1ccccc1N(C)S(=O)(=O)c1ccc(C)cc1. The Kier molecular flexibility index (Phi) is 5.89. The molecule has 3 rings (SSSR count). The third-order valence-corrected chi connectivity index (χ3v) is 6.31. The van der Waals surface area contributed by atoms with Crippen molar-refractivity contribution in [2.75, 3.05) is 23.8 Å². The van der Waals surface area contributed by atoms with Gasteiger partial charge in [0.25, 0.3) is 15.9 Å². The summed E-state index contributed by atoms with van der Waals surface area (Å²) in [5.41, 5.74) is 1.97. The second-order valence-corrected chi connectivity index (χ2v) is 8.43. The van der Waals surface area contributed by atoms with Crippen LogP contribution in [0.4, 0.5) is 11.4 Å². The Morgan fingerprint density at radius 3 is 2.24 bits per heavy atom. The molecule has 0 heterocycles. The molecule has 0 saturated heterocycles. The average molecular weight is 410 g/mol. The van der Waals surface area contributed by atoms with Crippen molar-refractivity contribution < 1.29 is 17.9 Å². The maximum Gasteiger partial charge on any atom is 0.264 e. The summed E-state index contributed by atoms with van der Waals surface area (Å²) in [6.07, 6.45) is 0. The zero-order valence-corrected chi connectivity index (χ0v) is 17.2. The maximum atomic E-state index is 13.1. The number of amides is 1. The number of nitrogens with zero attached hydrogens (tertiary/aromatic N) is 1. The first-order chi connectivity index (χ1) is 13.8. The van der Waals surface area contributed by atoms with Gasteiger partial charge in [-0.05, 0) is 43.3 Å². The highest BCUT2D eigenvalue weighted by molar-refractivity contribution is 7.92. The van der Waals surface area contributed by atoms with Crippen LogP contribution in [0, 0.1) is 6.92 Å². The number of hydrogen-bond acceptors (Lipinski definition) is 4. The second-order valence-electron chi connectivity index (χ2n) is 6.46. The van der Waals surface area contributed by atoms with Crippen LogP contribution in [0.5, 0.6) is 5.75 Å². The molecule has 1 N–H and O–H groups in total. The van der Waals surface area contributed by atoms with Gasteiger partial charge in [-0.25, -0.2) is 8.42 Å². The lowest BCUT2D eigenvalue weighted by molar-refractivity contribution is 0.102. The van der Waals surface area contributed by atoms with Crippen LogP contribution in [-0.4, -0.2) is 28.5 Å². The Hall–Kier alpha value is -3.32. The predicted octanol–water partition coefficient (Wildman–Crippen LogP) is 4.08. The summed E-state index contributed by atoms with van der Waals surface area (Å²) in [6.45, 7) is 1.89. The second kappa shape index (κ2) is 8.36. The van der Waals surface area contributed by atoms with Crippen molar-refractivity contribution in [1.29, 1.82) is 0 Å². The molecule has 0 bridgehead atoms. The van der Waals surface area contributed by atoms with E-state index in [4.69, 9.17) is 4.74 Å².